The summed E-state index contributed by atoms with van der Waals surface area (Å²) >= 11 is 0. The van der Waals surface area contributed by atoms with Gasteiger partial charge in [0.15, 0.2) is 0 Å². The van der Waals surface area contributed by atoms with Crippen molar-refractivity contribution in [3.8, 4) is 0 Å². The molecule has 0 atom stereocenters. The number of carbonyl (C=O) groups is 1. The Morgan fingerprint density at radius 3 is 2.53 bits per heavy atom. The molecule has 2 fully saturated rings. The number of piperazine rings is 1. The lowest BCUT2D eigenvalue weighted by Gasteiger charge is -2.37. The molecule has 102 valence electrons. The highest BCUT2D eigenvalue weighted by molar-refractivity contribution is 5.85. The Hall–Kier alpha value is -1.62. The molecule has 1 aromatic rings. The van der Waals surface area contributed by atoms with Crippen molar-refractivity contribution in [1.29, 1.82) is 0 Å². The van der Waals surface area contributed by atoms with Gasteiger partial charge < -0.3 is 15.5 Å². The van der Waals surface area contributed by atoms with Gasteiger partial charge in [-0.1, -0.05) is 6.07 Å². The zero-order chi connectivity index (χ0) is 13.3. The van der Waals surface area contributed by atoms with Gasteiger partial charge >= 0.3 is 0 Å². The second-order valence-electron chi connectivity index (χ2n) is 5.45. The van der Waals surface area contributed by atoms with Crippen molar-refractivity contribution in [3.63, 3.8) is 0 Å². The minimum absolute atomic E-state index is 0.215. The summed E-state index contributed by atoms with van der Waals surface area (Å²) in [5.41, 5.74) is 5.51. The van der Waals surface area contributed by atoms with E-state index in [0.717, 1.165) is 44.8 Å². The van der Waals surface area contributed by atoms with Crippen molar-refractivity contribution < 1.29 is 4.79 Å². The third-order valence-electron chi connectivity index (χ3n) is 4.24. The Morgan fingerprint density at radius 1 is 1.26 bits per heavy atom. The summed E-state index contributed by atoms with van der Waals surface area (Å²) in [6, 6.07) is 5.93. The summed E-state index contributed by atoms with van der Waals surface area (Å²) in [6.45, 7) is 3.74. The molecule has 2 aliphatic rings. The second kappa shape index (κ2) is 4.81. The van der Waals surface area contributed by atoms with Gasteiger partial charge in [-0.25, -0.2) is 4.98 Å². The first kappa shape index (κ1) is 12.4. The highest BCUT2D eigenvalue weighted by atomic mass is 16.2. The van der Waals surface area contributed by atoms with Gasteiger partial charge in [-0.05, 0) is 25.0 Å². The van der Waals surface area contributed by atoms with Crippen LogP contribution in [-0.4, -0.2) is 48.5 Å². The first-order chi connectivity index (χ1) is 9.25. The van der Waals surface area contributed by atoms with Gasteiger partial charge in [0.2, 0.25) is 5.91 Å². The van der Waals surface area contributed by atoms with E-state index in [0.29, 0.717) is 6.54 Å². The maximum atomic E-state index is 12.4. The van der Waals surface area contributed by atoms with Crippen molar-refractivity contribution in [2.45, 2.75) is 12.8 Å². The quantitative estimate of drug-likeness (QED) is 0.858. The van der Waals surface area contributed by atoms with Crippen LogP contribution in [-0.2, 0) is 4.79 Å². The SMILES string of the molecule is NCC1(C(=O)N2CCN(c3ccccn3)CC2)CC1. The summed E-state index contributed by atoms with van der Waals surface area (Å²) < 4.78 is 0. The van der Waals surface area contributed by atoms with E-state index in [1.165, 1.54) is 0 Å². The largest absolute Gasteiger partial charge is 0.353 e. The van der Waals surface area contributed by atoms with Crippen LogP contribution in [0.4, 0.5) is 5.82 Å². The smallest absolute Gasteiger partial charge is 0.230 e. The van der Waals surface area contributed by atoms with Crippen LogP contribution >= 0.6 is 0 Å². The second-order valence-corrected chi connectivity index (χ2v) is 5.45. The fraction of sp³-hybridized carbons (Fsp3) is 0.571. The van der Waals surface area contributed by atoms with Crippen molar-refractivity contribution in [2.24, 2.45) is 11.1 Å². The Labute approximate surface area is 113 Å². The third kappa shape index (κ3) is 2.30. The number of aromatic nitrogens is 1. The summed E-state index contributed by atoms with van der Waals surface area (Å²) in [4.78, 5) is 20.9. The Balaban J connectivity index is 1.59. The Morgan fingerprint density at radius 2 is 2.00 bits per heavy atom. The lowest BCUT2D eigenvalue weighted by Crippen LogP contribution is -2.52. The molecule has 1 aliphatic carbocycles. The average molecular weight is 260 g/mol. The Bertz CT molecular complexity index is 450. The normalized spacial score (nSPS) is 21.3. The van der Waals surface area contributed by atoms with E-state index < -0.39 is 0 Å². The molecule has 1 amide bonds. The van der Waals surface area contributed by atoms with Crippen LogP contribution < -0.4 is 10.6 Å². The molecule has 19 heavy (non-hydrogen) atoms. The van der Waals surface area contributed by atoms with Crippen LogP contribution in [0, 0.1) is 5.41 Å². The highest BCUT2D eigenvalue weighted by Crippen LogP contribution is 2.46. The van der Waals surface area contributed by atoms with Crippen molar-refractivity contribution >= 4 is 11.7 Å². The van der Waals surface area contributed by atoms with Crippen molar-refractivity contribution in [3.05, 3.63) is 24.4 Å². The first-order valence-electron chi connectivity index (χ1n) is 6.91. The summed E-state index contributed by atoms with van der Waals surface area (Å²) in [5, 5.41) is 0. The fourth-order valence-electron chi connectivity index (χ4n) is 2.67. The third-order valence-corrected chi connectivity index (χ3v) is 4.24. The van der Waals surface area contributed by atoms with Crippen molar-refractivity contribution in [2.75, 3.05) is 37.6 Å². The molecular weight excluding hydrogens is 240 g/mol. The number of amides is 1. The molecule has 5 heteroatoms. The van der Waals surface area contributed by atoms with Gasteiger partial charge in [-0.15, -0.1) is 0 Å². The topological polar surface area (TPSA) is 62.5 Å². The standard InChI is InChI=1S/C14H20N4O/c15-11-14(4-5-14)13(19)18-9-7-17(8-10-18)12-3-1-2-6-16-12/h1-3,6H,4-5,7-11,15H2. The average Bonchev–Trinajstić information content (AvgIpc) is 3.29. The molecule has 1 saturated heterocycles. The summed E-state index contributed by atoms with van der Waals surface area (Å²) in [5.74, 6) is 1.25. The Kier molecular flexibility index (Phi) is 3.14. The number of nitrogens with two attached hydrogens (primary N) is 1. The maximum Gasteiger partial charge on any atom is 0.230 e. The van der Waals surface area contributed by atoms with Crippen LogP contribution in [0.5, 0.6) is 0 Å². The van der Waals surface area contributed by atoms with E-state index in [9.17, 15) is 4.79 Å². The monoisotopic (exact) mass is 260 g/mol. The molecular formula is C14H20N4O. The van der Waals surface area contributed by atoms with E-state index >= 15 is 0 Å². The molecule has 0 spiro atoms. The molecule has 3 rings (SSSR count). The van der Waals surface area contributed by atoms with E-state index in [1.807, 2.05) is 23.1 Å². The molecule has 1 aromatic heterocycles. The van der Waals surface area contributed by atoms with Gasteiger partial charge in [0.1, 0.15) is 5.82 Å². The number of anilines is 1. The number of hydrogen-bond donors (Lipinski definition) is 1. The molecule has 0 aromatic carbocycles. The predicted octanol–water partition coefficient (Wildman–Crippen LogP) is 0.469. The van der Waals surface area contributed by atoms with Crippen LogP contribution in [0.1, 0.15) is 12.8 Å². The van der Waals surface area contributed by atoms with E-state index in [4.69, 9.17) is 5.73 Å². The molecule has 0 unspecified atom stereocenters. The van der Waals surface area contributed by atoms with E-state index in [2.05, 4.69) is 9.88 Å². The molecule has 1 saturated carbocycles. The molecule has 2 N–H and O–H groups in total. The number of pyridine rings is 1. The number of hydrogen-bond acceptors (Lipinski definition) is 4. The van der Waals surface area contributed by atoms with Crippen molar-refractivity contribution in [1.82, 2.24) is 9.88 Å². The molecule has 5 nitrogen and oxygen atoms in total. The van der Waals surface area contributed by atoms with Gasteiger partial charge in [0.05, 0.1) is 5.41 Å². The van der Waals surface area contributed by atoms with Crippen LogP contribution in [0.3, 0.4) is 0 Å². The van der Waals surface area contributed by atoms with Gasteiger partial charge in [0, 0.05) is 38.9 Å². The van der Waals surface area contributed by atoms with E-state index in [1.54, 1.807) is 6.20 Å². The summed E-state index contributed by atoms with van der Waals surface area (Å²) in [7, 11) is 0. The number of carbonyl (C=O) groups excluding carboxylic acids is 1. The van der Waals surface area contributed by atoms with Crippen LogP contribution in [0.2, 0.25) is 0 Å². The van der Waals surface area contributed by atoms with Gasteiger partial charge in [-0.3, -0.25) is 4.79 Å². The lowest BCUT2D eigenvalue weighted by molar-refractivity contribution is -0.136. The van der Waals surface area contributed by atoms with Crippen LogP contribution in [0.15, 0.2) is 24.4 Å². The zero-order valence-electron chi connectivity index (χ0n) is 11.1. The predicted molar refractivity (Wildman–Crippen MR) is 73.8 cm³/mol. The number of nitrogens with zero attached hydrogens (tertiary/aromatic N) is 3. The maximum absolute atomic E-state index is 12.4. The highest BCUT2D eigenvalue weighted by Gasteiger charge is 2.50. The first-order valence-corrected chi connectivity index (χ1v) is 6.91. The molecule has 0 radical (unpaired) electrons. The fourth-order valence-corrected chi connectivity index (χ4v) is 2.67. The van der Waals surface area contributed by atoms with Gasteiger partial charge in [-0.2, -0.15) is 0 Å². The molecule has 1 aliphatic heterocycles. The number of rotatable bonds is 3. The van der Waals surface area contributed by atoms with E-state index in [-0.39, 0.29) is 11.3 Å². The molecule has 0 bridgehead atoms. The molecule has 2 heterocycles. The lowest BCUT2D eigenvalue weighted by atomic mass is 10.1. The summed E-state index contributed by atoms with van der Waals surface area (Å²) in [6.07, 6.45) is 3.73. The minimum atomic E-state index is -0.215. The van der Waals surface area contributed by atoms with Crippen LogP contribution in [0.25, 0.3) is 0 Å². The van der Waals surface area contributed by atoms with Gasteiger partial charge in [0.25, 0.3) is 0 Å². The zero-order valence-corrected chi connectivity index (χ0v) is 11.1. The minimum Gasteiger partial charge on any atom is -0.353 e.